The van der Waals surface area contributed by atoms with Gasteiger partial charge in [-0.3, -0.25) is 14.4 Å². The molecule has 2 aromatic rings. The van der Waals surface area contributed by atoms with Gasteiger partial charge in [-0.25, -0.2) is 0 Å². The quantitative estimate of drug-likeness (QED) is 0.759. The highest BCUT2D eigenvalue weighted by Gasteiger charge is 2.24. The molecule has 1 N–H and O–H groups in total. The van der Waals surface area contributed by atoms with Gasteiger partial charge in [0.2, 0.25) is 5.91 Å². The average molecular weight is 413 g/mol. The highest BCUT2D eigenvalue weighted by Crippen LogP contribution is 2.37. The third-order valence-corrected chi connectivity index (χ3v) is 5.76. The fraction of sp³-hybridized carbons (Fsp3) is 0.318. The molecule has 2 amide bonds. The summed E-state index contributed by atoms with van der Waals surface area (Å²) in [6.45, 7) is 3.90. The van der Waals surface area contributed by atoms with Crippen LogP contribution in [0.4, 0.5) is 11.4 Å². The van der Waals surface area contributed by atoms with Gasteiger partial charge in [-0.2, -0.15) is 0 Å². The summed E-state index contributed by atoms with van der Waals surface area (Å²) in [4.78, 5) is 38.7. The first-order valence-electron chi connectivity index (χ1n) is 9.50. The van der Waals surface area contributed by atoms with Crippen LogP contribution in [0.3, 0.4) is 0 Å². The summed E-state index contributed by atoms with van der Waals surface area (Å²) in [7, 11) is 0. The van der Waals surface area contributed by atoms with Crippen molar-refractivity contribution in [2.24, 2.45) is 0 Å². The minimum atomic E-state index is -0.462. The molecular weight excluding hydrogens is 388 g/mol. The number of nitrogens with zero attached hydrogens (tertiary/aromatic N) is 1. The lowest BCUT2D eigenvalue weighted by atomic mass is 10.1. The molecule has 2 aromatic carbocycles. The zero-order valence-corrected chi connectivity index (χ0v) is 17.3. The Balaban J connectivity index is 1.56. The van der Waals surface area contributed by atoms with Crippen molar-refractivity contribution in [3.8, 4) is 0 Å². The van der Waals surface area contributed by atoms with E-state index in [9.17, 15) is 14.4 Å². The second-order valence-corrected chi connectivity index (χ2v) is 8.43. The molecule has 0 saturated carbocycles. The van der Waals surface area contributed by atoms with Crippen LogP contribution in [0.1, 0.15) is 25.8 Å². The Labute approximate surface area is 174 Å². The van der Waals surface area contributed by atoms with Gasteiger partial charge >= 0.3 is 5.97 Å². The number of hydrogen-bond donors (Lipinski definition) is 1. The van der Waals surface area contributed by atoms with Crippen LogP contribution in [-0.2, 0) is 25.5 Å². The maximum absolute atomic E-state index is 12.7. The number of anilines is 2. The van der Waals surface area contributed by atoms with Gasteiger partial charge in [0.15, 0.2) is 6.61 Å². The van der Waals surface area contributed by atoms with Crippen LogP contribution >= 0.6 is 11.8 Å². The van der Waals surface area contributed by atoms with Gasteiger partial charge in [0.1, 0.15) is 0 Å². The molecule has 0 unspecified atom stereocenters. The lowest BCUT2D eigenvalue weighted by molar-refractivity contribution is -0.147. The normalized spacial score (nSPS) is 15.8. The van der Waals surface area contributed by atoms with E-state index in [2.05, 4.69) is 12.2 Å². The topological polar surface area (TPSA) is 75.7 Å². The molecule has 0 fully saturated rings. The number of ether oxygens (including phenoxy) is 1. The highest BCUT2D eigenvalue weighted by molar-refractivity contribution is 8.00. The van der Waals surface area contributed by atoms with E-state index in [0.29, 0.717) is 17.5 Å². The number of carbonyl (C=O) groups is 3. The van der Waals surface area contributed by atoms with Crippen molar-refractivity contribution in [2.45, 2.75) is 36.8 Å². The summed E-state index contributed by atoms with van der Waals surface area (Å²) in [5, 5.41) is 3.08. The number of esters is 1. The average Bonchev–Trinajstić information content (AvgIpc) is 2.85. The van der Waals surface area contributed by atoms with Gasteiger partial charge in [0.05, 0.1) is 12.1 Å². The number of para-hydroxylation sites is 1. The first-order chi connectivity index (χ1) is 13.9. The van der Waals surface area contributed by atoms with Gasteiger partial charge in [0, 0.05) is 29.3 Å². The van der Waals surface area contributed by atoms with E-state index in [1.807, 2.05) is 24.3 Å². The summed E-state index contributed by atoms with van der Waals surface area (Å²) in [5.41, 5.74) is 2.29. The Bertz CT molecular complexity index is 898. The highest BCUT2D eigenvalue weighted by atomic mass is 32.2. The second kappa shape index (κ2) is 9.60. The number of carbonyl (C=O) groups excluding carboxylic acids is 3. The first kappa shape index (κ1) is 20.9. The summed E-state index contributed by atoms with van der Waals surface area (Å²) in [6.07, 6.45) is 0.941. The number of fused-ring (bicyclic) bond motifs is 1. The molecule has 3 rings (SSSR count). The predicted molar refractivity (Wildman–Crippen MR) is 114 cm³/mol. The molecule has 1 atom stereocenters. The van der Waals surface area contributed by atoms with Crippen molar-refractivity contribution in [1.29, 1.82) is 0 Å². The van der Waals surface area contributed by atoms with Crippen molar-refractivity contribution in [1.82, 2.24) is 0 Å². The number of rotatable bonds is 5. The molecule has 0 spiro atoms. The first-order valence-corrected chi connectivity index (χ1v) is 10.4. The van der Waals surface area contributed by atoms with Crippen molar-refractivity contribution < 1.29 is 19.1 Å². The fourth-order valence-electron chi connectivity index (χ4n) is 3.09. The Morgan fingerprint density at radius 3 is 2.59 bits per heavy atom. The summed E-state index contributed by atoms with van der Waals surface area (Å²) < 4.78 is 5.23. The van der Waals surface area contributed by atoms with E-state index in [0.717, 1.165) is 22.6 Å². The molecule has 1 heterocycles. The molecule has 29 heavy (non-hydrogen) atoms. The van der Waals surface area contributed by atoms with Gasteiger partial charge < -0.3 is 15.0 Å². The molecule has 1 aliphatic heterocycles. The molecule has 0 radical (unpaired) electrons. The van der Waals surface area contributed by atoms with E-state index < -0.39 is 5.97 Å². The fourth-order valence-corrected chi connectivity index (χ4v) is 4.21. The molecule has 152 valence electrons. The lowest BCUT2D eigenvalue weighted by Gasteiger charge is -2.22. The largest absolute Gasteiger partial charge is 0.455 e. The molecule has 0 bridgehead atoms. The maximum atomic E-state index is 12.7. The molecule has 0 aromatic heterocycles. The number of nitrogens with one attached hydrogen (secondary N) is 1. The number of amides is 2. The Hall–Kier alpha value is -2.80. The third-order valence-electron chi connectivity index (χ3n) is 4.52. The van der Waals surface area contributed by atoms with Gasteiger partial charge in [-0.1, -0.05) is 31.2 Å². The van der Waals surface area contributed by atoms with Crippen LogP contribution in [0.2, 0.25) is 0 Å². The van der Waals surface area contributed by atoms with Crippen LogP contribution in [0.5, 0.6) is 0 Å². The zero-order chi connectivity index (χ0) is 20.8. The van der Waals surface area contributed by atoms with Crippen LogP contribution < -0.4 is 10.2 Å². The maximum Gasteiger partial charge on any atom is 0.310 e. The SMILES string of the molecule is CC(=O)Nc1ccc(CC(=O)OCC(=O)N2CC[C@H](C)Sc3ccccc32)cc1. The second-order valence-electron chi connectivity index (χ2n) is 6.95. The summed E-state index contributed by atoms with van der Waals surface area (Å²) in [5.74, 6) is -0.837. The van der Waals surface area contributed by atoms with E-state index in [-0.39, 0.29) is 24.8 Å². The standard InChI is InChI=1S/C22H24N2O4S/c1-15-11-12-24(19-5-3-4-6-20(19)29-15)21(26)14-28-22(27)13-17-7-9-18(10-8-17)23-16(2)25/h3-10,15H,11-14H2,1-2H3,(H,23,25)/t15-/m0/s1. The number of benzene rings is 2. The number of hydrogen-bond acceptors (Lipinski definition) is 5. The summed E-state index contributed by atoms with van der Waals surface area (Å²) in [6, 6.07) is 14.8. The molecule has 0 aliphatic carbocycles. The van der Waals surface area contributed by atoms with Gasteiger partial charge in [-0.05, 0) is 36.2 Å². The predicted octanol–water partition coefficient (Wildman–Crippen LogP) is 3.65. The van der Waals surface area contributed by atoms with Crippen LogP contribution in [0.25, 0.3) is 0 Å². The number of thioether (sulfide) groups is 1. The lowest BCUT2D eigenvalue weighted by Crippen LogP contribution is -2.36. The monoisotopic (exact) mass is 412 g/mol. The van der Waals surface area contributed by atoms with E-state index in [1.54, 1.807) is 40.9 Å². The molecular formula is C22H24N2O4S. The zero-order valence-electron chi connectivity index (χ0n) is 16.5. The minimum absolute atomic E-state index is 0.0666. The van der Waals surface area contributed by atoms with Crippen molar-refractivity contribution >= 4 is 40.9 Å². The van der Waals surface area contributed by atoms with Crippen LogP contribution in [0, 0.1) is 0 Å². The Morgan fingerprint density at radius 2 is 1.86 bits per heavy atom. The smallest absolute Gasteiger partial charge is 0.310 e. The van der Waals surface area contributed by atoms with Crippen molar-refractivity contribution in [2.75, 3.05) is 23.4 Å². The van der Waals surface area contributed by atoms with E-state index in [1.165, 1.54) is 6.92 Å². The van der Waals surface area contributed by atoms with Gasteiger partial charge in [-0.15, -0.1) is 11.8 Å². The molecule has 0 saturated heterocycles. The van der Waals surface area contributed by atoms with E-state index in [4.69, 9.17) is 4.74 Å². The van der Waals surface area contributed by atoms with Gasteiger partial charge in [0.25, 0.3) is 5.91 Å². The Morgan fingerprint density at radius 1 is 1.14 bits per heavy atom. The molecule has 1 aliphatic rings. The van der Waals surface area contributed by atoms with Crippen LogP contribution in [0.15, 0.2) is 53.4 Å². The molecule has 6 nitrogen and oxygen atoms in total. The molecule has 7 heteroatoms. The minimum Gasteiger partial charge on any atom is -0.455 e. The summed E-state index contributed by atoms with van der Waals surface area (Å²) >= 11 is 1.76. The van der Waals surface area contributed by atoms with Crippen molar-refractivity contribution in [3.05, 3.63) is 54.1 Å². The third kappa shape index (κ3) is 5.84. The van der Waals surface area contributed by atoms with Crippen LogP contribution in [-0.4, -0.2) is 36.2 Å². The Kier molecular flexibility index (Phi) is 6.93. The van der Waals surface area contributed by atoms with Crippen molar-refractivity contribution in [3.63, 3.8) is 0 Å². The van der Waals surface area contributed by atoms with E-state index >= 15 is 0 Å².